The predicted octanol–water partition coefficient (Wildman–Crippen LogP) is 3.15. The molecular weight excluding hydrogens is 289 g/mol. The second-order valence-corrected chi connectivity index (χ2v) is 4.93. The maximum Gasteiger partial charge on any atom is 0.196 e. The molecule has 0 aliphatic heterocycles. The van der Waals surface area contributed by atoms with E-state index in [1.54, 1.807) is 30.7 Å². The van der Waals surface area contributed by atoms with Gasteiger partial charge in [-0.1, -0.05) is 12.1 Å². The highest BCUT2D eigenvalue weighted by Gasteiger charge is 2.17. The van der Waals surface area contributed by atoms with E-state index in [4.69, 9.17) is 12.2 Å². The van der Waals surface area contributed by atoms with Gasteiger partial charge in [0.1, 0.15) is 11.5 Å². The molecule has 0 amide bonds. The first-order valence-corrected chi connectivity index (χ1v) is 6.76. The van der Waals surface area contributed by atoms with Crippen molar-refractivity contribution < 1.29 is 4.39 Å². The van der Waals surface area contributed by atoms with E-state index in [-0.39, 0.29) is 11.9 Å². The average Bonchev–Trinajstić information content (AvgIpc) is 2.90. The number of hydrogen-bond donors (Lipinski definition) is 1. The molecule has 0 unspecified atom stereocenters. The van der Waals surface area contributed by atoms with Crippen LogP contribution in [-0.4, -0.2) is 24.7 Å². The molecule has 0 bridgehead atoms. The molecule has 5 nitrogen and oxygen atoms in total. The topological polar surface area (TPSA) is 59.4 Å². The summed E-state index contributed by atoms with van der Waals surface area (Å²) in [7, 11) is 0. The molecule has 1 N–H and O–H groups in total. The molecular formula is C14H12FN5S. The first kappa shape index (κ1) is 13.6. The number of halogens is 1. The maximum atomic E-state index is 13.1. The van der Waals surface area contributed by atoms with E-state index in [0.29, 0.717) is 16.3 Å². The number of benzene rings is 1. The third-order valence-corrected chi connectivity index (χ3v) is 3.52. The first-order valence-electron chi connectivity index (χ1n) is 6.35. The Morgan fingerprint density at radius 1 is 1.24 bits per heavy atom. The minimum absolute atomic E-state index is 0.103. The molecule has 3 rings (SSSR count). The summed E-state index contributed by atoms with van der Waals surface area (Å²) in [6, 6.07) is 6.22. The van der Waals surface area contributed by atoms with Crippen molar-refractivity contribution in [2.45, 2.75) is 13.0 Å². The van der Waals surface area contributed by atoms with Gasteiger partial charge in [-0.2, -0.15) is 5.10 Å². The van der Waals surface area contributed by atoms with Gasteiger partial charge < -0.3 is 0 Å². The zero-order chi connectivity index (χ0) is 14.8. The Kier molecular flexibility index (Phi) is 3.57. The number of nitrogens with zero attached hydrogens (tertiary/aromatic N) is 4. The summed E-state index contributed by atoms with van der Waals surface area (Å²) in [5, 5.41) is 6.99. The molecule has 0 spiro atoms. The predicted molar refractivity (Wildman–Crippen MR) is 78.7 cm³/mol. The van der Waals surface area contributed by atoms with E-state index < -0.39 is 0 Å². The lowest BCUT2D eigenvalue weighted by atomic mass is 10.1. The highest BCUT2D eigenvalue weighted by molar-refractivity contribution is 7.71. The standard InChI is InChI=1S/C14H12FN5S/c1-9(10-2-4-11(15)5-3-10)20-13(18-19-14(20)21)12-8-16-6-7-17-12/h2-9H,1H3,(H,19,21)/t9-/m0/s1. The van der Waals surface area contributed by atoms with Crippen LogP contribution < -0.4 is 0 Å². The fraction of sp³-hybridized carbons (Fsp3) is 0.143. The van der Waals surface area contributed by atoms with Crippen molar-refractivity contribution in [1.82, 2.24) is 24.7 Å². The van der Waals surface area contributed by atoms with Crippen molar-refractivity contribution >= 4 is 12.2 Å². The summed E-state index contributed by atoms with van der Waals surface area (Å²) in [5.41, 5.74) is 1.55. The first-order chi connectivity index (χ1) is 10.2. The third kappa shape index (κ3) is 2.59. The van der Waals surface area contributed by atoms with Crippen molar-refractivity contribution in [3.63, 3.8) is 0 Å². The van der Waals surface area contributed by atoms with Gasteiger partial charge in [-0.05, 0) is 36.8 Å². The maximum absolute atomic E-state index is 13.1. The second-order valence-electron chi connectivity index (χ2n) is 4.54. The summed E-state index contributed by atoms with van der Waals surface area (Å²) in [4.78, 5) is 8.28. The van der Waals surface area contributed by atoms with E-state index in [2.05, 4.69) is 20.2 Å². The summed E-state index contributed by atoms with van der Waals surface area (Å²) < 4.78 is 15.4. The smallest absolute Gasteiger partial charge is 0.196 e. The summed E-state index contributed by atoms with van der Waals surface area (Å²) in [6.45, 7) is 1.97. The molecule has 1 aromatic carbocycles. The van der Waals surface area contributed by atoms with Crippen LogP contribution in [0, 0.1) is 10.6 Å². The van der Waals surface area contributed by atoms with Crippen LogP contribution in [0.25, 0.3) is 11.5 Å². The van der Waals surface area contributed by atoms with Crippen LogP contribution in [0.2, 0.25) is 0 Å². The number of H-pyrrole nitrogens is 1. The van der Waals surface area contributed by atoms with Crippen LogP contribution in [-0.2, 0) is 0 Å². The zero-order valence-electron chi connectivity index (χ0n) is 11.2. The molecule has 3 aromatic rings. The fourth-order valence-electron chi connectivity index (χ4n) is 2.15. The Bertz CT molecular complexity index is 794. The Hall–Kier alpha value is -2.41. The van der Waals surface area contributed by atoms with Crippen molar-refractivity contribution in [2.75, 3.05) is 0 Å². The second kappa shape index (κ2) is 5.53. The van der Waals surface area contributed by atoms with E-state index in [9.17, 15) is 4.39 Å². The van der Waals surface area contributed by atoms with Crippen molar-refractivity contribution in [2.24, 2.45) is 0 Å². The summed E-state index contributed by atoms with van der Waals surface area (Å²) in [6.07, 6.45) is 4.82. The van der Waals surface area contributed by atoms with E-state index in [0.717, 1.165) is 5.56 Å². The number of aromatic amines is 1. The molecule has 0 aliphatic rings. The molecule has 0 radical (unpaired) electrons. The van der Waals surface area contributed by atoms with Gasteiger partial charge in [0.15, 0.2) is 10.6 Å². The monoisotopic (exact) mass is 301 g/mol. The highest BCUT2D eigenvalue weighted by Crippen LogP contribution is 2.24. The van der Waals surface area contributed by atoms with Crippen LogP contribution in [0.5, 0.6) is 0 Å². The quantitative estimate of drug-likeness (QED) is 0.755. The van der Waals surface area contributed by atoms with Crippen LogP contribution in [0.4, 0.5) is 4.39 Å². The molecule has 106 valence electrons. The van der Waals surface area contributed by atoms with Crippen molar-refractivity contribution in [1.29, 1.82) is 0 Å². The normalized spacial score (nSPS) is 12.3. The van der Waals surface area contributed by atoms with Gasteiger partial charge in [0, 0.05) is 12.4 Å². The van der Waals surface area contributed by atoms with Crippen LogP contribution in [0.15, 0.2) is 42.9 Å². The molecule has 21 heavy (non-hydrogen) atoms. The molecule has 7 heteroatoms. The lowest BCUT2D eigenvalue weighted by Gasteiger charge is -2.15. The van der Waals surface area contributed by atoms with E-state index in [1.165, 1.54) is 12.1 Å². The van der Waals surface area contributed by atoms with Crippen molar-refractivity contribution in [3.8, 4) is 11.5 Å². The van der Waals surface area contributed by atoms with Gasteiger partial charge in [-0.25, -0.2) is 9.37 Å². The summed E-state index contributed by atoms with van der Waals surface area (Å²) >= 11 is 5.30. The van der Waals surface area contributed by atoms with Gasteiger partial charge in [-0.3, -0.25) is 14.6 Å². The number of rotatable bonds is 3. The van der Waals surface area contributed by atoms with E-state index >= 15 is 0 Å². The lowest BCUT2D eigenvalue weighted by Crippen LogP contribution is -2.09. The molecule has 0 saturated carbocycles. The van der Waals surface area contributed by atoms with Gasteiger partial charge in [-0.15, -0.1) is 0 Å². The van der Waals surface area contributed by atoms with Gasteiger partial charge in [0.2, 0.25) is 0 Å². The molecule has 1 atom stereocenters. The van der Waals surface area contributed by atoms with Crippen LogP contribution >= 0.6 is 12.2 Å². The molecule has 0 fully saturated rings. The Labute approximate surface area is 125 Å². The minimum atomic E-state index is -0.268. The minimum Gasteiger partial charge on any atom is -0.291 e. The highest BCUT2D eigenvalue weighted by atomic mass is 32.1. The third-order valence-electron chi connectivity index (χ3n) is 3.24. The number of hydrogen-bond acceptors (Lipinski definition) is 4. The summed E-state index contributed by atoms with van der Waals surface area (Å²) in [5.74, 6) is 0.334. The fourth-order valence-corrected chi connectivity index (χ4v) is 2.44. The average molecular weight is 301 g/mol. The zero-order valence-corrected chi connectivity index (χ0v) is 12.0. The Morgan fingerprint density at radius 3 is 2.67 bits per heavy atom. The van der Waals surface area contributed by atoms with Crippen LogP contribution in [0.3, 0.4) is 0 Å². The van der Waals surface area contributed by atoms with Crippen LogP contribution in [0.1, 0.15) is 18.5 Å². The number of aromatic nitrogens is 5. The molecule has 0 aliphatic carbocycles. The van der Waals surface area contributed by atoms with Gasteiger partial charge in [0.25, 0.3) is 0 Å². The number of nitrogens with one attached hydrogen (secondary N) is 1. The largest absolute Gasteiger partial charge is 0.291 e. The van der Waals surface area contributed by atoms with Gasteiger partial charge >= 0.3 is 0 Å². The lowest BCUT2D eigenvalue weighted by molar-refractivity contribution is 0.613. The van der Waals surface area contributed by atoms with Crippen molar-refractivity contribution in [3.05, 3.63) is 59.0 Å². The van der Waals surface area contributed by atoms with E-state index in [1.807, 2.05) is 11.5 Å². The molecule has 2 aromatic heterocycles. The molecule has 2 heterocycles. The Morgan fingerprint density at radius 2 is 2.00 bits per heavy atom. The van der Waals surface area contributed by atoms with Gasteiger partial charge in [0.05, 0.1) is 12.2 Å². The SMILES string of the molecule is C[C@@H](c1ccc(F)cc1)n1c(-c2cnccn2)n[nH]c1=S. The Balaban J connectivity index is 2.08. The molecule has 0 saturated heterocycles.